The van der Waals surface area contributed by atoms with Crippen LogP contribution in [0.25, 0.3) is 0 Å². The molecule has 166 valence electrons. The Morgan fingerprint density at radius 1 is 1.10 bits per heavy atom. The lowest BCUT2D eigenvalue weighted by atomic mass is 9.69. The maximum Gasteiger partial charge on any atom is 0.230 e. The zero-order valence-electron chi connectivity index (χ0n) is 18.8. The van der Waals surface area contributed by atoms with E-state index in [0.29, 0.717) is 18.0 Å². The SMILES string of the molecule is CCC(NC(C)=O)C(=O)Sc1ccccc1NC(=O)C1(CCC(C)C)CCCCC1. The number of nitrogens with one attached hydrogen (secondary N) is 2. The van der Waals surface area contributed by atoms with Crippen LogP contribution in [-0.4, -0.2) is 23.0 Å². The first-order valence-electron chi connectivity index (χ1n) is 11.2. The molecule has 1 unspecified atom stereocenters. The van der Waals surface area contributed by atoms with Gasteiger partial charge in [-0.2, -0.15) is 0 Å². The molecule has 0 saturated heterocycles. The van der Waals surface area contributed by atoms with E-state index in [1.54, 1.807) is 0 Å². The molecule has 1 aliphatic carbocycles. The molecular weight excluding hydrogens is 396 g/mol. The van der Waals surface area contributed by atoms with Crippen LogP contribution in [0.15, 0.2) is 29.2 Å². The molecule has 0 aromatic heterocycles. The van der Waals surface area contributed by atoms with Crippen molar-refractivity contribution in [3.8, 4) is 0 Å². The smallest absolute Gasteiger partial charge is 0.230 e. The molecule has 1 atom stereocenters. The van der Waals surface area contributed by atoms with Gasteiger partial charge in [0.2, 0.25) is 16.9 Å². The third kappa shape index (κ3) is 6.86. The molecule has 1 aliphatic rings. The summed E-state index contributed by atoms with van der Waals surface area (Å²) in [6.45, 7) is 7.68. The van der Waals surface area contributed by atoms with Crippen molar-refractivity contribution >= 4 is 34.4 Å². The minimum atomic E-state index is -0.535. The Hall–Kier alpha value is -1.82. The number of thioether (sulfide) groups is 1. The van der Waals surface area contributed by atoms with Gasteiger partial charge in [-0.15, -0.1) is 0 Å². The summed E-state index contributed by atoms with van der Waals surface area (Å²) in [5.41, 5.74) is 0.361. The largest absolute Gasteiger partial charge is 0.346 e. The summed E-state index contributed by atoms with van der Waals surface area (Å²) in [5, 5.41) is 5.72. The Bertz CT molecular complexity index is 742. The van der Waals surface area contributed by atoms with E-state index in [4.69, 9.17) is 0 Å². The highest BCUT2D eigenvalue weighted by Crippen LogP contribution is 2.42. The third-order valence-corrected chi connectivity index (χ3v) is 6.97. The van der Waals surface area contributed by atoms with Gasteiger partial charge in [0, 0.05) is 17.2 Å². The number of amides is 2. The van der Waals surface area contributed by atoms with E-state index in [2.05, 4.69) is 24.5 Å². The lowest BCUT2D eigenvalue weighted by Crippen LogP contribution is -2.39. The second-order valence-corrected chi connectivity index (χ2v) is 9.85. The molecule has 1 fully saturated rings. The van der Waals surface area contributed by atoms with Gasteiger partial charge < -0.3 is 10.6 Å². The summed E-state index contributed by atoms with van der Waals surface area (Å²) in [5.74, 6) is 0.427. The van der Waals surface area contributed by atoms with Gasteiger partial charge in [-0.05, 0) is 61.9 Å². The topological polar surface area (TPSA) is 75.3 Å². The summed E-state index contributed by atoms with van der Waals surface area (Å²) in [7, 11) is 0. The molecule has 1 aromatic carbocycles. The van der Waals surface area contributed by atoms with Gasteiger partial charge in [-0.25, -0.2) is 0 Å². The minimum Gasteiger partial charge on any atom is -0.346 e. The highest BCUT2D eigenvalue weighted by Gasteiger charge is 2.39. The number of carbonyl (C=O) groups is 3. The zero-order valence-corrected chi connectivity index (χ0v) is 19.6. The average Bonchev–Trinajstić information content (AvgIpc) is 2.72. The van der Waals surface area contributed by atoms with Crippen LogP contribution in [0.2, 0.25) is 0 Å². The first-order chi connectivity index (χ1) is 14.3. The highest BCUT2D eigenvalue weighted by molar-refractivity contribution is 8.14. The zero-order chi connectivity index (χ0) is 22.1. The van der Waals surface area contributed by atoms with Crippen LogP contribution in [0.4, 0.5) is 5.69 Å². The van der Waals surface area contributed by atoms with E-state index in [9.17, 15) is 14.4 Å². The fourth-order valence-electron chi connectivity index (χ4n) is 4.05. The molecule has 0 spiro atoms. The summed E-state index contributed by atoms with van der Waals surface area (Å²) >= 11 is 1.08. The summed E-state index contributed by atoms with van der Waals surface area (Å²) in [6, 6.07) is 6.90. The van der Waals surface area contributed by atoms with Gasteiger partial charge in [0.1, 0.15) is 0 Å². The van der Waals surface area contributed by atoms with Crippen molar-refractivity contribution in [2.45, 2.75) is 90.0 Å². The van der Waals surface area contributed by atoms with Crippen LogP contribution >= 0.6 is 11.8 Å². The number of hydrogen-bond acceptors (Lipinski definition) is 4. The van der Waals surface area contributed by atoms with E-state index in [-0.39, 0.29) is 22.3 Å². The van der Waals surface area contributed by atoms with E-state index in [1.165, 1.54) is 13.3 Å². The molecule has 0 heterocycles. The van der Waals surface area contributed by atoms with Crippen LogP contribution in [0, 0.1) is 11.3 Å². The monoisotopic (exact) mass is 432 g/mol. The Labute approximate surface area is 185 Å². The summed E-state index contributed by atoms with van der Waals surface area (Å²) in [4.78, 5) is 38.2. The van der Waals surface area contributed by atoms with Crippen molar-refractivity contribution in [2.24, 2.45) is 11.3 Å². The summed E-state index contributed by atoms with van der Waals surface area (Å²) in [6.07, 6.45) is 7.71. The Morgan fingerprint density at radius 3 is 2.37 bits per heavy atom. The van der Waals surface area contributed by atoms with Gasteiger partial charge in [-0.1, -0.05) is 52.2 Å². The van der Waals surface area contributed by atoms with Crippen molar-refractivity contribution in [2.75, 3.05) is 5.32 Å². The molecule has 2 amide bonds. The van der Waals surface area contributed by atoms with Crippen molar-refractivity contribution in [3.63, 3.8) is 0 Å². The Morgan fingerprint density at radius 2 is 1.77 bits per heavy atom. The number of rotatable bonds is 9. The van der Waals surface area contributed by atoms with Crippen molar-refractivity contribution in [1.82, 2.24) is 5.32 Å². The van der Waals surface area contributed by atoms with E-state index in [1.807, 2.05) is 31.2 Å². The van der Waals surface area contributed by atoms with Crippen molar-refractivity contribution < 1.29 is 14.4 Å². The molecule has 2 N–H and O–H groups in total. The van der Waals surface area contributed by atoms with Gasteiger partial charge in [0.15, 0.2) is 0 Å². The third-order valence-electron chi connectivity index (χ3n) is 5.91. The number of para-hydroxylation sites is 1. The number of anilines is 1. The lowest BCUT2D eigenvalue weighted by Gasteiger charge is -2.36. The normalized spacial score (nSPS) is 16.7. The predicted octanol–water partition coefficient (Wildman–Crippen LogP) is 5.55. The van der Waals surface area contributed by atoms with E-state index < -0.39 is 6.04 Å². The van der Waals surface area contributed by atoms with Crippen LogP contribution in [0.1, 0.15) is 79.1 Å². The first kappa shape index (κ1) is 24.4. The van der Waals surface area contributed by atoms with Crippen LogP contribution in [0.5, 0.6) is 0 Å². The number of benzene rings is 1. The van der Waals surface area contributed by atoms with Crippen LogP contribution in [-0.2, 0) is 14.4 Å². The maximum atomic E-state index is 13.4. The van der Waals surface area contributed by atoms with Crippen molar-refractivity contribution in [1.29, 1.82) is 0 Å². The van der Waals surface area contributed by atoms with Crippen LogP contribution < -0.4 is 10.6 Å². The van der Waals surface area contributed by atoms with Crippen molar-refractivity contribution in [3.05, 3.63) is 24.3 Å². The second-order valence-electron chi connectivity index (χ2n) is 8.81. The fraction of sp³-hybridized carbons (Fsp3) is 0.625. The summed E-state index contributed by atoms with van der Waals surface area (Å²) < 4.78 is 0. The van der Waals surface area contributed by atoms with Crippen LogP contribution in [0.3, 0.4) is 0 Å². The average molecular weight is 433 g/mol. The molecule has 5 nitrogen and oxygen atoms in total. The standard InChI is InChI=1S/C24H36N2O3S/c1-5-19(25-18(4)27)22(28)30-21-12-8-7-11-20(21)26-23(29)24(16-13-17(2)3)14-9-6-10-15-24/h7-8,11-12,17,19H,5-6,9-10,13-16H2,1-4H3,(H,25,27)(H,26,29). The fourth-order valence-corrected chi connectivity index (χ4v) is 5.01. The molecule has 1 saturated carbocycles. The molecule has 0 aliphatic heterocycles. The Balaban J connectivity index is 2.16. The minimum absolute atomic E-state index is 0.0808. The van der Waals surface area contributed by atoms with Gasteiger partial charge in [0.05, 0.1) is 11.7 Å². The predicted molar refractivity (Wildman–Crippen MR) is 123 cm³/mol. The van der Waals surface area contributed by atoms with Gasteiger partial charge in [0.25, 0.3) is 0 Å². The quantitative estimate of drug-likeness (QED) is 0.502. The Kier molecular flexibility index (Phi) is 9.40. The molecule has 2 rings (SSSR count). The molecule has 1 aromatic rings. The first-order valence-corrected chi connectivity index (χ1v) is 12.0. The van der Waals surface area contributed by atoms with Gasteiger partial charge in [-0.3, -0.25) is 14.4 Å². The van der Waals surface area contributed by atoms with Gasteiger partial charge >= 0.3 is 0 Å². The van der Waals surface area contributed by atoms with E-state index >= 15 is 0 Å². The van der Waals surface area contributed by atoms with E-state index in [0.717, 1.165) is 55.2 Å². The molecule has 6 heteroatoms. The molecule has 0 bridgehead atoms. The molecular formula is C24H36N2O3S. The molecule has 0 radical (unpaired) electrons. The lowest BCUT2D eigenvalue weighted by molar-refractivity contribution is -0.128. The highest BCUT2D eigenvalue weighted by atomic mass is 32.2. The number of hydrogen-bond donors (Lipinski definition) is 2. The molecule has 30 heavy (non-hydrogen) atoms. The maximum absolute atomic E-state index is 13.4. The second kappa shape index (κ2) is 11.5. The number of carbonyl (C=O) groups excluding carboxylic acids is 3.